The number of morpholine rings is 1. The minimum absolute atomic E-state index is 0.720. The third-order valence-corrected chi connectivity index (χ3v) is 4.41. The molecule has 0 radical (unpaired) electrons. The third kappa shape index (κ3) is 3.25. The van der Waals surface area contributed by atoms with Gasteiger partial charge in [-0.05, 0) is 32.0 Å². The molecular formula is C19H21N5O. The minimum atomic E-state index is 0.720. The van der Waals surface area contributed by atoms with Gasteiger partial charge >= 0.3 is 0 Å². The second-order valence-electron chi connectivity index (χ2n) is 6.25. The van der Waals surface area contributed by atoms with Crippen molar-refractivity contribution in [1.82, 2.24) is 19.7 Å². The van der Waals surface area contributed by atoms with Gasteiger partial charge in [0.05, 0.1) is 30.3 Å². The lowest BCUT2D eigenvalue weighted by molar-refractivity contribution is 0.122. The first-order chi connectivity index (χ1) is 12.2. The van der Waals surface area contributed by atoms with Crippen LogP contribution in [0.25, 0.3) is 16.9 Å². The fourth-order valence-electron chi connectivity index (χ4n) is 2.96. The van der Waals surface area contributed by atoms with Gasteiger partial charge in [0, 0.05) is 31.0 Å². The summed E-state index contributed by atoms with van der Waals surface area (Å²) < 4.78 is 7.31. The predicted octanol–water partition coefficient (Wildman–Crippen LogP) is 2.78. The Labute approximate surface area is 147 Å². The maximum atomic E-state index is 5.41. The van der Waals surface area contributed by atoms with Gasteiger partial charge in [-0.25, -0.2) is 14.6 Å². The molecule has 1 saturated heterocycles. The van der Waals surface area contributed by atoms with E-state index >= 15 is 0 Å². The van der Waals surface area contributed by atoms with Crippen molar-refractivity contribution in [2.45, 2.75) is 13.8 Å². The molecule has 128 valence electrons. The Kier molecular flexibility index (Phi) is 4.19. The summed E-state index contributed by atoms with van der Waals surface area (Å²) in [6.07, 6.45) is 3.85. The van der Waals surface area contributed by atoms with Crippen LogP contribution in [0.2, 0.25) is 0 Å². The van der Waals surface area contributed by atoms with Crippen LogP contribution in [0.3, 0.4) is 0 Å². The average molecular weight is 335 g/mol. The van der Waals surface area contributed by atoms with Crippen LogP contribution in [0.1, 0.15) is 11.3 Å². The van der Waals surface area contributed by atoms with Crippen LogP contribution in [0.5, 0.6) is 0 Å². The van der Waals surface area contributed by atoms with Gasteiger partial charge in [-0.15, -0.1) is 0 Å². The van der Waals surface area contributed by atoms with Gasteiger partial charge in [0.15, 0.2) is 0 Å². The third-order valence-electron chi connectivity index (χ3n) is 4.41. The molecule has 1 aliphatic heterocycles. The molecule has 1 aromatic carbocycles. The summed E-state index contributed by atoms with van der Waals surface area (Å²) >= 11 is 0. The van der Waals surface area contributed by atoms with E-state index in [0.29, 0.717) is 0 Å². The maximum absolute atomic E-state index is 5.41. The molecule has 0 aliphatic carbocycles. The number of ether oxygens (including phenoxy) is 1. The lowest BCUT2D eigenvalue weighted by Crippen LogP contribution is -2.37. The summed E-state index contributed by atoms with van der Waals surface area (Å²) in [5.41, 5.74) is 5.15. The van der Waals surface area contributed by atoms with E-state index in [4.69, 9.17) is 9.72 Å². The molecule has 3 aromatic rings. The predicted molar refractivity (Wildman–Crippen MR) is 97.1 cm³/mol. The van der Waals surface area contributed by atoms with E-state index in [2.05, 4.69) is 46.2 Å². The zero-order chi connectivity index (χ0) is 17.2. The van der Waals surface area contributed by atoms with E-state index in [1.165, 1.54) is 5.56 Å². The second-order valence-corrected chi connectivity index (χ2v) is 6.25. The molecule has 0 spiro atoms. The van der Waals surface area contributed by atoms with E-state index in [-0.39, 0.29) is 0 Å². The van der Waals surface area contributed by atoms with Crippen LogP contribution < -0.4 is 4.90 Å². The lowest BCUT2D eigenvalue weighted by Gasteiger charge is -2.26. The molecule has 6 heteroatoms. The number of nitrogens with zero attached hydrogens (tertiary/aromatic N) is 5. The van der Waals surface area contributed by atoms with Gasteiger partial charge in [-0.1, -0.05) is 17.7 Å². The van der Waals surface area contributed by atoms with Gasteiger partial charge < -0.3 is 9.64 Å². The lowest BCUT2D eigenvalue weighted by atomic mass is 10.2. The van der Waals surface area contributed by atoms with Crippen molar-refractivity contribution in [1.29, 1.82) is 0 Å². The van der Waals surface area contributed by atoms with E-state index in [1.807, 2.05) is 30.1 Å². The zero-order valence-electron chi connectivity index (χ0n) is 14.5. The zero-order valence-corrected chi connectivity index (χ0v) is 14.5. The summed E-state index contributed by atoms with van der Waals surface area (Å²) in [5.74, 6) is 0.753. The molecule has 3 heterocycles. The number of aryl methyl sites for hydroxylation is 2. The van der Waals surface area contributed by atoms with Gasteiger partial charge in [0.2, 0.25) is 5.95 Å². The second kappa shape index (κ2) is 6.64. The highest BCUT2D eigenvalue weighted by Gasteiger charge is 2.16. The van der Waals surface area contributed by atoms with Crippen molar-refractivity contribution in [3.05, 3.63) is 54.0 Å². The van der Waals surface area contributed by atoms with Crippen LogP contribution >= 0.6 is 0 Å². The van der Waals surface area contributed by atoms with E-state index in [9.17, 15) is 0 Å². The Bertz CT molecular complexity index is 866. The fourth-order valence-corrected chi connectivity index (χ4v) is 2.96. The van der Waals surface area contributed by atoms with Crippen molar-refractivity contribution in [3.63, 3.8) is 0 Å². The number of hydrogen-bond donors (Lipinski definition) is 0. The smallest absolute Gasteiger partial charge is 0.226 e. The summed E-state index contributed by atoms with van der Waals surface area (Å²) in [4.78, 5) is 11.3. The quantitative estimate of drug-likeness (QED) is 0.737. The first-order valence-corrected chi connectivity index (χ1v) is 8.50. The van der Waals surface area contributed by atoms with Crippen LogP contribution in [0.4, 0.5) is 5.95 Å². The van der Waals surface area contributed by atoms with Gasteiger partial charge in [-0.2, -0.15) is 5.10 Å². The highest BCUT2D eigenvalue weighted by molar-refractivity contribution is 5.62. The Morgan fingerprint density at radius 2 is 1.76 bits per heavy atom. The SMILES string of the molecule is Cc1ccc(-n2cc(-c3ccnc(N4CCOCC4)n3)c(C)n2)cc1. The maximum Gasteiger partial charge on any atom is 0.226 e. The Balaban J connectivity index is 1.66. The van der Waals surface area contributed by atoms with Gasteiger partial charge in [0.1, 0.15) is 0 Å². The van der Waals surface area contributed by atoms with Crippen LogP contribution in [0, 0.1) is 13.8 Å². The van der Waals surface area contributed by atoms with Crippen LogP contribution in [-0.4, -0.2) is 46.1 Å². The van der Waals surface area contributed by atoms with Crippen molar-refractivity contribution in [2.24, 2.45) is 0 Å². The largest absolute Gasteiger partial charge is 0.378 e. The summed E-state index contributed by atoms with van der Waals surface area (Å²) in [6, 6.07) is 10.3. The molecule has 4 rings (SSSR count). The van der Waals surface area contributed by atoms with E-state index in [1.54, 1.807) is 0 Å². The molecule has 1 fully saturated rings. The average Bonchev–Trinajstić information content (AvgIpc) is 3.05. The number of aromatic nitrogens is 4. The van der Waals surface area contributed by atoms with Gasteiger partial charge in [-0.3, -0.25) is 0 Å². The molecule has 0 saturated carbocycles. The molecule has 0 N–H and O–H groups in total. The summed E-state index contributed by atoms with van der Waals surface area (Å²) in [5, 5.41) is 4.65. The fraction of sp³-hybridized carbons (Fsp3) is 0.316. The monoisotopic (exact) mass is 335 g/mol. The normalized spacial score (nSPS) is 14.7. The van der Waals surface area contributed by atoms with Gasteiger partial charge in [0.25, 0.3) is 0 Å². The minimum Gasteiger partial charge on any atom is -0.378 e. The molecule has 1 aliphatic rings. The molecule has 6 nitrogen and oxygen atoms in total. The Morgan fingerprint density at radius 3 is 2.52 bits per heavy atom. The highest BCUT2D eigenvalue weighted by atomic mass is 16.5. The van der Waals surface area contributed by atoms with E-state index < -0.39 is 0 Å². The standard InChI is InChI=1S/C19H21N5O/c1-14-3-5-16(6-4-14)24-13-17(15(2)22-24)18-7-8-20-19(21-18)23-9-11-25-12-10-23/h3-8,13H,9-12H2,1-2H3. The Morgan fingerprint density at radius 1 is 1.00 bits per heavy atom. The molecular weight excluding hydrogens is 314 g/mol. The molecule has 0 amide bonds. The van der Waals surface area contributed by atoms with Crippen molar-refractivity contribution >= 4 is 5.95 Å². The molecule has 0 atom stereocenters. The van der Waals surface area contributed by atoms with Crippen molar-refractivity contribution in [2.75, 3.05) is 31.2 Å². The van der Waals surface area contributed by atoms with Crippen LogP contribution in [-0.2, 0) is 4.74 Å². The number of hydrogen-bond acceptors (Lipinski definition) is 5. The van der Waals surface area contributed by atoms with Crippen molar-refractivity contribution in [3.8, 4) is 16.9 Å². The highest BCUT2D eigenvalue weighted by Crippen LogP contribution is 2.24. The van der Waals surface area contributed by atoms with Crippen LogP contribution in [0.15, 0.2) is 42.7 Å². The molecule has 25 heavy (non-hydrogen) atoms. The Hall–Kier alpha value is -2.73. The van der Waals surface area contributed by atoms with E-state index in [0.717, 1.165) is 54.9 Å². The number of rotatable bonds is 3. The molecule has 0 bridgehead atoms. The topological polar surface area (TPSA) is 56.1 Å². The number of benzene rings is 1. The first-order valence-electron chi connectivity index (χ1n) is 8.50. The number of anilines is 1. The van der Waals surface area contributed by atoms with Crippen molar-refractivity contribution < 1.29 is 4.74 Å². The summed E-state index contributed by atoms with van der Waals surface area (Å²) in [6.45, 7) is 7.18. The molecule has 0 unspecified atom stereocenters. The molecule has 2 aromatic heterocycles. The first kappa shape index (κ1) is 15.8. The summed E-state index contributed by atoms with van der Waals surface area (Å²) in [7, 11) is 0.